The molecular weight excluding hydrogens is 356 g/mol. The van der Waals surface area contributed by atoms with Crippen molar-refractivity contribution in [2.24, 2.45) is 5.92 Å². The monoisotopic (exact) mass is 374 g/mol. The molecule has 0 aromatic carbocycles. The highest BCUT2D eigenvalue weighted by molar-refractivity contribution is 7.14. The molecule has 4 heterocycles. The van der Waals surface area contributed by atoms with Gasteiger partial charge in [0.15, 0.2) is 0 Å². The highest BCUT2D eigenvalue weighted by Gasteiger charge is 2.40. The predicted octanol–water partition coefficient (Wildman–Crippen LogP) is 2.35. The Morgan fingerprint density at radius 3 is 2.77 bits per heavy atom. The summed E-state index contributed by atoms with van der Waals surface area (Å²) in [6, 6.07) is 1.61. The zero-order valence-electron chi connectivity index (χ0n) is 14.2. The highest BCUT2D eigenvalue weighted by atomic mass is 32.1. The molecule has 4 unspecified atom stereocenters. The number of fused-ring (bicyclic) bond motifs is 1. The fraction of sp³-hybridized carbons (Fsp3) is 0.353. The summed E-state index contributed by atoms with van der Waals surface area (Å²) in [7, 11) is 0. The van der Waals surface area contributed by atoms with Gasteiger partial charge in [0.2, 0.25) is 0 Å². The lowest BCUT2D eigenvalue weighted by molar-refractivity contribution is -0.00962. The van der Waals surface area contributed by atoms with Crippen LogP contribution >= 0.6 is 11.3 Å². The van der Waals surface area contributed by atoms with E-state index in [1.165, 1.54) is 17.7 Å². The molecule has 0 radical (unpaired) electrons. The Morgan fingerprint density at radius 2 is 2.15 bits per heavy atom. The van der Waals surface area contributed by atoms with Crippen LogP contribution in [0.5, 0.6) is 0 Å². The van der Waals surface area contributed by atoms with Crippen molar-refractivity contribution in [1.29, 1.82) is 0 Å². The first kappa shape index (κ1) is 17.0. The van der Waals surface area contributed by atoms with Gasteiger partial charge in [-0.1, -0.05) is 6.92 Å². The van der Waals surface area contributed by atoms with Crippen LogP contribution in [0.1, 0.15) is 30.4 Å². The number of hydrogen-bond acceptors (Lipinski definition) is 7. The molecule has 0 saturated carbocycles. The van der Waals surface area contributed by atoms with E-state index >= 15 is 0 Å². The summed E-state index contributed by atoms with van der Waals surface area (Å²) in [6.45, 7) is 3.75. The molecule has 1 aliphatic rings. The van der Waals surface area contributed by atoms with Crippen LogP contribution in [0.4, 0.5) is 5.82 Å². The number of nitrogens with two attached hydrogens (primary N) is 1. The minimum absolute atomic E-state index is 0.137. The molecule has 0 spiro atoms. The number of carbonyl (C=O) groups is 1. The van der Waals surface area contributed by atoms with Crippen molar-refractivity contribution < 1.29 is 19.7 Å². The van der Waals surface area contributed by atoms with Crippen molar-refractivity contribution in [1.82, 2.24) is 14.5 Å². The Hall–Kier alpha value is -2.49. The van der Waals surface area contributed by atoms with E-state index in [-0.39, 0.29) is 17.6 Å². The van der Waals surface area contributed by atoms with Gasteiger partial charge in [-0.2, -0.15) is 0 Å². The van der Waals surface area contributed by atoms with E-state index in [1.54, 1.807) is 11.4 Å². The molecule has 4 rings (SSSR count). The maximum atomic E-state index is 11.2. The second-order valence-corrected chi connectivity index (χ2v) is 7.41. The summed E-state index contributed by atoms with van der Waals surface area (Å²) in [5, 5.41) is 21.7. The predicted molar refractivity (Wildman–Crippen MR) is 97.0 cm³/mol. The second kappa shape index (κ2) is 6.04. The van der Waals surface area contributed by atoms with Gasteiger partial charge >= 0.3 is 5.97 Å². The van der Waals surface area contributed by atoms with Gasteiger partial charge in [0.05, 0.1) is 23.2 Å². The maximum Gasteiger partial charge on any atom is 0.336 e. The molecule has 1 aliphatic heterocycles. The van der Waals surface area contributed by atoms with Crippen molar-refractivity contribution in [2.45, 2.75) is 32.3 Å². The first-order chi connectivity index (χ1) is 12.4. The number of carboxylic acid groups (broad SMARTS) is 1. The number of nitrogen functional groups attached to an aromatic ring is 1. The van der Waals surface area contributed by atoms with Crippen molar-refractivity contribution >= 4 is 34.2 Å². The molecule has 3 aromatic rings. The number of thiophene rings is 1. The normalized spacial score (nSPS) is 25.8. The van der Waals surface area contributed by atoms with Crippen molar-refractivity contribution in [3.63, 3.8) is 0 Å². The number of hydrogen-bond donors (Lipinski definition) is 3. The van der Waals surface area contributed by atoms with Crippen LogP contribution in [-0.2, 0) is 4.74 Å². The summed E-state index contributed by atoms with van der Waals surface area (Å²) >= 11 is 1.32. The van der Waals surface area contributed by atoms with Crippen LogP contribution in [0.15, 0.2) is 24.0 Å². The van der Waals surface area contributed by atoms with Crippen LogP contribution in [-0.4, -0.2) is 42.9 Å². The maximum absolute atomic E-state index is 11.2. The number of anilines is 1. The lowest BCUT2D eigenvalue weighted by Crippen LogP contribution is -2.22. The van der Waals surface area contributed by atoms with Crippen molar-refractivity contribution in [2.75, 3.05) is 5.73 Å². The van der Waals surface area contributed by atoms with E-state index in [9.17, 15) is 15.0 Å². The van der Waals surface area contributed by atoms with Gasteiger partial charge in [0.25, 0.3) is 0 Å². The molecule has 4 atom stereocenters. The van der Waals surface area contributed by atoms with Crippen molar-refractivity contribution in [3.8, 4) is 10.4 Å². The minimum atomic E-state index is -0.981. The molecule has 0 amide bonds. The first-order valence-corrected chi connectivity index (χ1v) is 9.03. The van der Waals surface area contributed by atoms with Gasteiger partial charge in [0, 0.05) is 27.9 Å². The molecule has 3 aromatic heterocycles. The summed E-state index contributed by atoms with van der Waals surface area (Å²) in [5.41, 5.74) is 7.66. The summed E-state index contributed by atoms with van der Waals surface area (Å²) < 4.78 is 7.78. The van der Waals surface area contributed by atoms with Crippen molar-refractivity contribution in [3.05, 3.63) is 29.5 Å². The highest BCUT2D eigenvalue weighted by Crippen LogP contribution is 2.41. The van der Waals surface area contributed by atoms with E-state index in [0.29, 0.717) is 16.9 Å². The van der Waals surface area contributed by atoms with Gasteiger partial charge in [-0.05, 0) is 13.0 Å². The molecular formula is C17H18N4O4S. The Bertz CT molecular complexity index is 998. The Balaban J connectivity index is 1.91. The van der Waals surface area contributed by atoms with Gasteiger partial charge in [-0.3, -0.25) is 0 Å². The average molecular weight is 374 g/mol. The number of carboxylic acids is 1. The van der Waals surface area contributed by atoms with E-state index in [0.717, 1.165) is 10.4 Å². The largest absolute Gasteiger partial charge is 0.478 e. The Morgan fingerprint density at radius 1 is 1.38 bits per heavy atom. The second-order valence-electron chi connectivity index (χ2n) is 6.49. The van der Waals surface area contributed by atoms with Gasteiger partial charge in [-0.15, -0.1) is 11.3 Å². The third-order valence-electron chi connectivity index (χ3n) is 4.85. The van der Waals surface area contributed by atoms with Crippen LogP contribution in [0.25, 0.3) is 21.5 Å². The number of aliphatic hydroxyl groups excluding tert-OH is 1. The smallest absolute Gasteiger partial charge is 0.336 e. The minimum Gasteiger partial charge on any atom is -0.478 e. The zero-order valence-corrected chi connectivity index (χ0v) is 15.0. The third kappa shape index (κ3) is 2.47. The SMILES string of the molecule is CC1OC(n2cc(-c3cc(C(=O)O)cs3)c3c(N)ncnc32)C(C)C1O. The number of ether oxygens (including phenoxy) is 1. The van der Waals surface area contributed by atoms with Gasteiger partial charge in [0.1, 0.15) is 24.0 Å². The number of aromatic carboxylic acids is 1. The lowest BCUT2D eigenvalue weighted by atomic mass is 10.0. The van der Waals surface area contributed by atoms with Crippen LogP contribution < -0.4 is 5.73 Å². The van der Waals surface area contributed by atoms with E-state index < -0.39 is 18.3 Å². The molecule has 0 aliphatic carbocycles. The standard InChI is InChI=1S/C17H18N4O4S/c1-7-13(22)8(2)25-16(7)21-4-10(11-3-9(5-26-11)17(23)24)12-14(18)19-6-20-15(12)21/h3-8,13,16,22H,1-2H3,(H,23,24)(H2,18,19,20). The summed E-state index contributed by atoms with van der Waals surface area (Å²) in [5.74, 6) is -0.805. The lowest BCUT2D eigenvalue weighted by Gasteiger charge is -2.18. The van der Waals surface area contributed by atoms with Crippen LogP contribution in [0.2, 0.25) is 0 Å². The number of rotatable bonds is 3. The zero-order chi connectivity index (χ0) is 18.6. The van der Waals surface area contributed by atoms with E-state index in [2.05, 4.69) is 9.97 Å². The molecule has 0 bridgehead atoms. The van der Waals surface area contributed by atoms with Gasteiger partial charge in [-0.25, -0.2) is 14.8 Å². The number of aromatic nitrogens is 3. The Labute approximate surface area is 152 Å². The first-order valence-electron chi connectivity index (χ1n) is 8.15. The summed E-state index contributed by atoms with van der Waals surface area (Å²) in [6.07, 6.45) is 1.95. The molecule has 136 valence electrons. The number of aliphatic hydroxyl groups is 1. The molecule has 1 saturated heterocycles. The topological polar surface area (TPSA) is 123 Å². The summed E-state index contributed by atoms with van der Waals surface area (Å²) in [4.78, 5) is 20.4. The van der Waals surface area contributed by atoms with Gasteiger partial charge < -0.3 is 25.3 Å². The number of nitrogens with zero attached hydrogens (tertiary/aromatic N) is 3. The van der Waals surface area contributed by atoms with Crippen LogP contribution in [0, 0.1) is 5.92 Å². The fourth-order valence-electron chi connectivity index (χ4n) is 3.42. The van der Waals surface area contributed by atoms with Crippen LogP contribution in [0.3, 0.4) is 0 Å². The molecule has 4 N–H and O–H groups in total. The van der Waals surface area contributed by atoms with E-state index in [1.807, 2.05) is 24.6 Å². The molecule has 9 heteroatoms. The molecule has 26 heavy (non-hydrogen) atoms. The van der Waals surface area contributed by atoms with E-state index in [4.69, 9.17) is 10.5 Å². The Kier molecular flexibility index (Phi) is 3.94. The average Bonchev–Trinajstić information content (AvgIpc) is 3.28. The molecule has 8 nitrogen and oxygen atoms in total. The third-order valence-corrected chi connectivity index (χ3v) is 5.81. The fourth-order valence-corrected chi connectivity index (χ4v) is 4.32. The molecule has 1 fully saturated rings. The quantitative estimate of drug-likeness (QED) is 0.643.